The smallest absolute Gasteiger partial charge is 0.299 e. The fourth-order valence-corrected chi connectivity index (χ4v) is 5.15. The zero-order valence-corrected chi connectivity index (χ0v) is 16.2. The summed E-state index contributed by atoms with van der Waals surface area (Å²) in [6.07, 6.45) is 0.362. The van der Waals surface area contributed by atoms with E-state index >= 15 is 0 Å². The van der Waals surface area contributed by atoms with Crippen LogP contribution in [0.1, 0.15) is 42.7 Å². The number of amidine groups is 1. The number of aliphatic hydroxyl groups is 1. The summed E-state index contributed by atoms with van der Waals surface area (Å²) in [6, 6.07) is 18.0. The van der Waals surface area contributed by atoms with Crippen LogP contribution in [0.15, 0.2) is 65.7 Å². The normalized spacial score (nSPS) is 23.2. The van der Waals surface area contributed by atoms with Crippen LogP contribution in [0.25, 0.3) is 0 Å². The second-order valence-electron chi connectivity index (χ2n) is 7.02. The number of aliphatic hydroxyl groups excluding tert-OH is 1. The molecule has 0 amide bonds. The lowest BCUT2D eigenvalue weighted by atomic mass is 9.97. The molecule has 7 heteroatoms. The van der Waals surface area contributed by atoms with Gasteiger partial charge in [-0.05, 0) is 31.4 Å². The van der Waals surface area contributed by atoms with Gasteiger partial charge in [-0.15, -0.1) is 0 Å². The van der Waals surface area contributed by atoms with Crippen molar-refractivity contribution in [2.45, 2.75) is 37.2 Å². The highest BCUT2D eigenvalue weighted by Crippen LogP contribution is 2.38. The van der Waals surface area contributed by atoms with Crippen LogP contribution in [0.4, 0.5) is 0 Å². The lowest BCUT2D eigenvalue weighted by Gasteiger charge is -2.39. The van der Waals surface area contributed by atoms with Gasteiger partial charge in [0.25, 0.3) is 6.02 Å². The molecule has 0 saturated carbocycles. The third-order valence-corrected chi connectivity index (χ3v) is 6.41. The zero-order valence-electron chi connectivity index (χ0n) is 15.4. The Labute approximate surface area is 160 Å². The second kappa shape index (κ2) is 7.70. The molecule has 1 aliphatic heterocycles. The molecular formula is C20H24N2O4S. The van der Waals surface area contributed by atoms with Crippen LogP contribution >= 0.6 is 0 Å². The van der Waals surface area contributed by atoms with Gasteiger partial charge in [-0.2, -0.15) is 0 Å². The Morgan fingerprint density at radius 1 is 1.11 bits per heavy atom. The van der Waals surface area contributed by atoms with Gasteiger partial charge in [0.1, 0.15) is 10.9 Å². The molecule has 0 aromatic heterocycles. The van der Waals surface area contributed by atoms with Crippen molar-refractivity contribution in [3.8, 4) is 0 Å². The van der Waals surface area contributed by atoms with E-state index in [4.69, 9.17) is 4.74 Å². The fourth-order valence-electron chi connectivity index (χ4n) is 3.38. The van der Waals surface area contributed by atoms with E-state index in [2.05, 4.69) is 9.71 Å². The molecule has 1 saturated heterocycles. The quantitative estimate of drug-likeness (QED) is 0.824. The maximum atomic E-state index is 13.0. The van der Waals surface area contributed by atoms with Gasteiger partial charge in [-0.3, -0.25) is 0 Å². The van der Waals surface area contributed by atoms with E-state index in [0.29, 0.717) is 12.0 Å². The number of benzene rings is 2. The van der Waals surface area contributed by atoms with E-state index in [1.165, 1.54) is 0 Å². The molecule has 2 aromatic carbocycles. The predicted molar refractivity (Wildman–Crippen MR) is 105 cm³/mol. The molecular weight excluding hydrogens is 364 g/mol. The summed E-state index contributed by atoms with van der Waals surface area (Å²) in [4.78, 5) is 4.46. The number of nitrogens with one attached hydrogen (secondary N) is 1. The zero-order chi connectivity index (χ0) is 19.5. The van der Waals surface area contributed by atoms with E-state index in [1.54, 1.807) is 38.1 Å². The summed E-state index contributed by atoms with van der Waals surface area (Å²) in [7, 11) is -3.74. The minimum atomic E-state index is -3.74. The Morgan fingerprint density at radius 3 is 2.26 bits per heavy atom. The summed E-state index contributed by atoms with van der Waals surface area (Å²) in [5, 5.41) is 8.51. The highest BCUT2D eigenvalue weighted by atomic mass is 32.2. The maximum Gasteiger partial charge on any atom is 0.299 e. The van der Waals surface area contributed by atoms with Gasteiger partial charge in [-0.25, -0.2) is 18.1 Å². The Bertz CT molecular complexity index is 896. The molecule has 1 aliphatic rings. The number of ether oxygens (including phenoxy) is 1. The Morgan fingerprint density at radius 2 is 1.70 bits per heavy atom. The van der Waals surface area contributed by atoms with Crippen molar-refractivity contribution in [2.24, 2.45) is 4.99 Å². The van der Waals surface area contributed by atoms with Crippen molar-refractivity contribution in [2.75, 3.05) is 6.61 Å². The standard InChI is InChI=1S/C20H24N2O4S/c1-20(2)18(16-11-7-4-8-12-16)27(24,25)22-19(26-20)21-17(13-14-23)15-9-5-3-6-10-15/h3-12,17-18,23H,13-14H2,1-2H3,(H,21,22)/t17?,18-/m0/s1. The van der Waals surface area contributed by atoms with Crippen molar-refractivity contribution < 1.29 is 18.3 Å². The largest absolute Gasteiger partial charge is 0.457 e. The first kappa shape index (κ1) is 19.4. The minimum absolute atomic E-state index is 0.0468. The SMILES string of the molecule is CC1(C)OC(=NC(CCO)c2ccccc2)NS(=O)(=O)[C@H]1c1ccccc1. The average Bonchev–Trinajstić information content (AvgIpc) is 2.61. The number of aliphatic imine (C=N–C) groups is 1. The molecule has 1 unspecified atom stereocenters. The number of hydrogen-bond donors (Lipinski definition) is 2. The number of rotatable bonds is 5. The molecule has 1 heterocycles. The Kier molecular flexibility index (Phi) is 5.53. The molecule has 6 nitrogen and oxygen atoms in total. The first-order valence-electron chi connectivity index (χ1n) is 8.83. The molecule has 1 fully saturated rings. The summed E-state index contributed by atoms with van der Waals surface area (Å²) >= 11 is 0. The van der Waals surface area contributed by atoms with Crippen LogP contribution in [0, 0.1) is 0 Å². The molecule has 0 bridgehead atoms. The molecule has 27 heavy (non-hydrogen) atoms. The monoisotopic (exact) mass is 388 g/mol. The molecule has 0 spiro atoms. The summed E-state index contributed by atoms with van der Waals surface area (Å²) in [5.74, 6) is 0. The van der Waals surface area contributed by atoms with E-state index < -0.39 is 26.9 Å². The highest BCUT2D eigenvalue weighted by Gasteiger charge is 2.48. The molecule has 3 rings (SSSR count). The van der Waals surface area contributed by atoms with E-state index in [9.17, 15) is 13.5 Å². The van der Waals surface area contributed by atoms with Crippen LogP contribution in [0.3, 0.4) is 0 Å². The fraction of sp³-hybridized carbons (Fsp3) is 0.350. The summed E-state index contributed by atoms with van der Waals surface area (Å²) < 4.78 is 34.4. The number of sulfonamides is 1. The van der Waals surface area contributed by atoms with Crippen molar-refractivity contribution in [1.29, 1.82) is 0 Å². The van der Waals surface area contributed by atoms with Gasteiger partial charge in [0.05, 0.1) is 6.04 Å². The van der Waals surface area contributed by atoms with Gasteiger partial charge in [0.15, 0.2) is 0 Å². The predicted octanol–water partition coefficient (Wildman–Crippen LogP) is 2.94. The van der Waals surface area contributed by atoms with E-state index in [0.717, 1.165) is 5.56 Å². The first-order chi connectivity index (χ1) is 12.8. The van der Waals surface area contributed by atoms with Crippen molar-refractivity contribution in [3.63, 3.8) is 0 Å². The van der Waals surface area contributed by atoms with Gasteiger partial charge in [-0.1, -0.05) is 60.7 Å². The summed E-state index contributed by atoms with van der Waals surface area (Å²) in [6.45, 7) is 3.41. The highest BCUT2D eigenvalue weighted by molar-refractivity contribution is 7.90. The maximum absolute atomic E-state index is 13.0. The summed E-state index contributed by atoms with van der Waals surface area (Å²) in [5.41, 5.74) is 0.527. The van der Waals surface area contributed by atoms with Gasteiger partial charge >= 0.3 is 0 Å². The van der Waals surface area contributed by atoms with Crippen LogP contribution in [-0.2, 0) is 14.8 Å². The molecule has 2 atom stereocenters. The Balaban J connectivity index is 1.95. The topological polar surface area (TPSA) is 88.0 Å². The molecule has 2 aromatic rings. The van der Waals surface area contributed by atoms with Gasteiger partial charge < -0.3 is 9.84 Å². The molecule has 0 radical (unpaired) electrons. The minimum Gasteiger partial charge on any atom is -0.457 e. The third-order valence-electron chi connectivity index (χ3n) is 4.49. The van der Waals surface area contributed by atoms with Crippen LogP contribution < -0.4 is 4.72 Å². The van der Waals surface area contributed by atoms with Crippen LogP contribution in [-0.4, -0.2) is 31.8 Å². The number of nitrogens with zero attached hydrogens (tertiary/aromatic N) is 1. The van der Waals surface area contributed by atoms with Crippen LogP contribution in [0.5, 0.6) is 0 Å². The van der Waals surface area contributed by atoms with Crippen molar-refractivity contribution in [3.05, 3.63) is 71.8 Å². The lowest BCUT2D eigenvalue weighted by molar-refractivity contribution is 0.0759. The van der Waals surface area contributed by atoms with E-state index in [-0.39, 0.29) is 12.6 Å². The second-order valence-corrected chi connectivity index (χ2v) is 8.78. The Hall–Kier alpha value is -2.38. The lowest BCUT2D eigenvalue weighted by Crippen LogP contribution is -2.53. The van der Waals surface area contributed by atoms with Crippen molar-refractivity contribution >= 4 is 16.0 Å². The van der Waals surface area contributed by atoms with Crippen LogP contribution in [0.2, 0.25) is 0 Å². The molecule has 144 valence electrons. The van der Waals surface area contributed by atoms with Crippen molar-refractivity contribution in [1.82, 2.24) is 4.72 Å². The van der Waals surface area contributed by atoms with Gasteiger partial charge in [0.2, 0.25) is 10.0 Å². The molecule has 2 N–H and O–H groups in total. The molecule has 0 aliphatic carbocycles. The number of hydrogen-bond acceptors (Lipinski definition) is 5. The third kappa shape index (κ3) is 4.31. The van der Waals surface area contributed by atoms with E-state index in [1.807, 2.05) is 36.4 Å². The average molecular weight is 388 g/mol. The van der Waals surface area contributed by atoms with Gasteiger partial charge in [0, 0.05) is 6.61 Å². The first-order valence-corrected chi connectivity index (χ1v) is 10.4.